The molecular formula is C10H11NO7. The molecule has 0 aliphatic heterocycles. The van der Waals surface area contributed by atoms with Crippen molar-refractivity contribution in [3.63, 3.8) is 0 Å². The third kappa shape index (κ3) is 2.93. The van der Waals surface area contributed by atoms with Gasteiger partial charge in [-0.3, -0.25) is 14.9 Å². The number of ether oxygens (including phenoxy) is 1. The maximum atomic E-state index is 10.8. The SMILES string of the molecule is COc1ccc(C(O)(O)CC(=O)O)c([N+](=O)[O-])c1. The molecule has 0 spiro atoms. The maximum Gasteiger partial charge on any atom is 0.309 e. The Morgan fingerprint density at radius 1 is 1.50 bits per heavy atom. The Kier molecular flexibility index (Phi) is 3.84. The number of hydrogen-bond donors (Lipinski definition) is 3. The molecule has 0 atom stereocenters. The normalized spacial score (nSPS) is 11.1. The van der Waals surface area contributed by atoms with E-state index in [4.69, 9.17) is 9.84 Å². The third-order valence-corrected chi connectivity index (χ3v) is 2.23. The predicted molar refractivity (Wildman–Crippen MR) is 58.0 cm³/mol. The molecule has 0 unspecified atom stereocenters. The molecular weight excluding hydrogens is 246 g/mol. The molecule has 18 heavy (non-hydrogen) atoms. The van der Waals surface area contributed by atoms with Gasteiger partial charge in [-0.2, -0.15) is 0 Å². The number of aliphatic carboxylic acids is 1. The monoisotopic (exact) mass is 257 g/mol. The number of rotatable bonds is 5. The van der Waals surface area contributed by atoms with Crippen LogP contribution in [0.1, 0.15) is 12.0 Å². The smallest absolute Gasteiger partial charge is 0.309 e. The standard InChI is InChI=1S/C10H11NO7/c1-18-6-2-3-7(8(4-6)11(16)17)10(14,15)5-9(12)13/h2-4,14-15H,5H2,1H3,(H,12,13). The van der Waals surface area contributed by atoms with Crippen LogP contribution in [0.5, 0.6) is 5.75 Å². The van der Waals surface area contributed by atoms with Crippen molar-refractivity contribution < 1.29 is 29.8 Å². The van der Waals surface area contributed by atoms with E-state index in [9.17, 15) is 25.1 Å². The Morgan fingerprint density at radius 2 is 2.11 bits per heavy atom. The Balaban J connectivity index is 3.30. The van der Waals surface area contributed by atoms with Crippen LogP contribution in [-0.2, 0) is 10.6 Å². The number of nitro groups is 1. The molecule has 1 aromatic rings. The average Bonchev–Trinajstić information content (AvgIpc) is 2.26. The summed E-state index contributed by atoms with van der Waals surface area (Å²) in [4.78, 5) is 20.4. The van der Waals surface area contributed by atoms with Crippen LogP contribution in [0.25, 0.3) is 0 Å². The lowest BCUT2D eigenvalue weighted by atomic mass is 10.0. The lowest BCUT2D eigenvalue weighted by molar-refractivity contribution is -0.388. The zero-order chi connectivity index (χ0) is 13.9. The fourth-order valence-corrected chi connectivity index (χ4v) is 1.43. The van der Waals surface area contributed by atoms with Gasteiger partial charge in [0.2, 0.25) is 5.79 Å². The molecule has 0 heterocycles. The van der Waals surface area contributed by atoms with Crippen molar-refractivity contribution in [2.75, 3.05) is 7.11 Å². The molecule has 8 heteroatoms. The van der Waals surface area contributed by atoms with E-state index >= 15 is 0 Å². The number of nitro benzene ring substituents is 1. The highest BCUT2D eigenvalue weighted by Gasteiger charge is 2.36. The van der Waals surface area contributed by atoms with Crippen molar-refractivity contribution in [3.05, 3.63) is 33.9 Å². The van der Waals surface area contributed by atoms with Crippen molar-refractivity contribution in [3.8, 4) is 5.75 Å². The topological polar surface area (TPSA) is 130 Å². The van der Waals surface area contributed by atoms with Crippen LogP contribution < -0.4 is 4.74 Å². The van der Waals surface area contributed by atoms with E-state index in [1.54, 1.807) is 0 Å². The largest absolute Gasteiger partial charge is 0.497 e. The fraction of sp³-hybridized carbons (Fsp3) is 0.300. The first kappa shape index (κ1) is 13.9. The molecule has 0 aliphatic carbocycles. The van der Waals surface area contributed by atoms with Crippen LogP contribution >= 0.6 is 0 Å². The minimum Gasteiger partial charge on any atom is -0.497 e. The summed E-state index contributed by atoms with van der Waals surface area (Å²) in [5, 5.41) is 38.5. The minimum absolute atomic E-state index is 0.150. The summed E-state index contributed by atoms with van der Waals surface area (Å²) in [6, 6.07) is 3.30. The van der Waals surface area contributed by atoms with E-state index in [1.807, 2.05) is 0 Å². The van der Waals surface area contributed by atoms with E-state index in [0.29, 0.717) is 0 Å². The van der Waals surface area contributed by atoms with E-state index in [-0.39, 0.29) is 5.75 Å². The van der Waals surface area contributed by atoms with Crippen molar-refractivity contribution in [1.29, 1.82) is 0 Å². The second-order valence-electron chi connectivity index (χ2n) is 3.53. The van der Waals surface area contributed by atoms with E-state index < -0.39 is 34.4 Å². The number of aliphatic hydroxyl groups is 2. The summed E-state index contributed by atoms with van der Waals surface area (Å²) in [6.45, 7) is 0. The molecule has 3 N–H and O–H groups in total. The van der Waals surface area contributed by atoms with E-state index in [2.05, 4.69) is 0 Å². The van der Waals surface area contributed by atoms with Gasteiger partial charge in [0, 0.05) is 0 Å². The molecule has 1 rings (SSSR count). The second-order valence-corrected chi connectivity index (χ2v) is 3.53. The lowest BCUT2D eigenvalue weighted by Crippen LogP contribution is -2.29. The van der Waals surface area contributed by atoms with Gasteiger partial charge in [-0.1, -0.05) is 0 Å². The summed E-state index contributed by atoms with van der Waals surface area (Å²) in [6.07, 6.45) is -1.07. The number of carboxylic acids is 1. The van der Waals surface area contributed by atoms with Crippen molar-refractivity contribution in [2.24, 2.45) is 0 Å². The molecule has 0 saturated heterocycles. The van der Waals surface area contributed by atoms with Crippen molar-refractivity contribution in [2.45, 2.75) is 12.2 Å². The zero-order valence-electron chi connectivity index (χ0n) is 9.36. The molecule has 0 radical (unpaired) electrons. The molecule has 98 valence electrons. The van der Waals surface area contributed by atoms with E-state index in [0.717, 1.165) is 12.1 Å². The number of methoxy groups -OCH3 is 1. The molecule has 0 fully saturated rings. The van der Waals surface area contributed by atoms with Gasteiger partial charge in [0.25, 0.3) is 5.69 Å². The summed E-state index contributed by atoms with van der Waals surface area (Å²) in [5.74, 6) is -4.16. The van der Waals surface area contributed by atoms with Crippen LogP contribution in [0.15, 0.2) is 18.2 Å². The van der Waals surface area contributed by atoms with Gasteiger partial charge in [-0.05, 0) is 12.1 Å². The summed E-state index contributed by atoms with van der Waals surface area (Å²) < 4.78 is 4.77. The highest BCUT2D eigenvalue weighted by atomic mass is 16.6. The van der Waals surface area contributed by atoms with Gasteiger partial charge in [-0.25, -0.2) is 0 Å². The molecule has 8 nitrogen and oxygen atoms in total. The van der Waals surface area contributed by atoms with Crippen LogP contribution in [0, 0.1) is 10.1 Å². The molecule has 0 saturated carbocycles. The van der Waals surface area contributed by atoms with Gasteiger partial charge in [-0.15, -0.1) is 0 Å². The number of carboxylic acid groups (broad SMARTS) is 1. The molecule has 0 amide bonds. The maximum absolute atomic E-state index is 10.8. The van der Waals surface area contributed by atoms with Crippen LogP contribution in [-0.4, -0.2) is 33.3 Å². The first-order chi connectivity index (χ1) is 8.27. The number of hydrogen-bond acceptors (Lipinski definition) is 6. The number of carbonyl (C=O) groups is 1. The summed E-state index contributed by atoms with van der Waals surface area (Å²) in [7, 11) is 1.29. The molecule has 1 aromatic carbocycles. The first-order valence-electron chi connectivity index (χ1n) is 4.77. The average molecular weight is 257 g/mol. The van der Waals surface area contributed by atoms with Gasteiger partial charge in [0.05, 0.1) is 23.7 Å². The highest BCUT2D eigenvalue weighted by molar-refractivity contribution is 5.68. The third-order valence-electron chi connectivity index (χ3n) is 2.23. The summed E-state index contributed by atoms with van der Waals surface area (Å²) >= 11 is 0. The second kappa shape index (κ2) is 4.98. The quantitative estimate of drug-likeness (QED) is 0.390. The van der Waals surface area contributed by atoms with Gasteiger partial charge >= 0.3 is 5.97 Å². The van der Waals surface area contributed by atoms with Crippen molar-refractivity contribution >= 4 is 11.7 Å². The molecule has 0 bridgehead atoms. The van der Waals surface area contributed by atoms with Gasteiger partial charge < -0.3 is 20.1 Å². The molecule has 0 aliphatic rings. The van der Waals surface area contributed by atoms with Crippen molar-refractivity contribution in [1.82, 2.24) is 0 Å². The first-order valence-corrected chi connectivity index (χ1v) is 4.77. The van der Waals surface area contributed by atoms with Gasteiger partial charge in [0.1, 0.15) is 12.2 Å². The highest BCUT2D eigenvalue weighted by Crippen LogP contribution is 2.33. The predicted octanol–water partition coefficient (Wildman–Crippen LogP) is 0.215. The number of benzene rings is 1. The summed E-state index contributed by atoms with van der Waals surface area (Å²) in [5.41, 5.74) is -1.13. The zero-order valence-corrected chi connectivity index (χ0v) is 9.36. The Labute approximate surface area is 101 Å². The Hall–Kier alpha value is -2.19. The van der Waals surface area contributed by atoms with Gasteiger partial charge in [0.15, 0.2) is 0 Å². The van der Waals surface area contributed by atoms with Crippen LogP contribution in [0.2, 0.25) is 0 Å². The lowest BCUT2D eigenvalue weighted by Gasteiger charge is -2.20. The minimum atomic E-state index is -2.82. The fourth-order valence-electron chi connectivity index (χ4n) is 1.43. The van der Waals surface area contributed by atoms with Crippen LogP contribution in [0.4, 0.5) is 5.69 Å². The number of nitrogens with zero attached hydrogens (tertiary/aromatic N) is 1. The van der Waals surface area contributed by atoms with Crippen LogP contribution in [0.3, 0.4) is 0 Å². The Bertz CT molecular complexity index is 483. The molecule has 0 aromatic heterocycles. The van der Waals surface area contributed by atoms with E-state index in [1.165, 1.54) is 13.2 Å². The Morgan fingerprint density at radius 3 is 2.56 bits per heavy atom.